The quantitative estimate of drug-likeness (QED) is 0.834. The first-order valence-corrected chi connectivity index (χ1v) is 8.88. The summed E-state index contributed by atoms with van der Waals surface area (Å²) in [7, 11) is 0. The molecule has 1 aliphatic rings. The van der Waals surface area contributed by atoms with Crippen molar-refractivity contribution in [1.82, 2.24) is 0 Å². The first-order valence-electron chi connectivity index (χ1n) is 8.88. The molecule has 0 aromatic heterocycles. The summed E-state index contributed by atoms with van der Waals surface area (Å²) in [5.74, 6) is 6.47. The van der Waals surface area contributed by atoms with E-state index in [1.165, 1.54) is 30.7 Å². The van der Waals surface area contributed by atoms with Crippen LogP contribution in [-0.2, 0) is 5.60 Å². The molecule has 0 radical (unpaired) electrons. The van der Waals surface area contributed by atoms with Gasteiger partial charge in [0.25, 0.3) is 0 Å². The van der Waals surface area contributed by atoms with E-state index in [1.807, 2.05) is 60.7 Å². The summed E-state index contributed by atoms with van der Waals surface area (Å²) in [6.07, 6.45) is 3.89. The van der Waals surface area contributed by atoms with Crippen LogP contribution in [0.2, 0.25) is 0 Å². The molecule has 0 amide bonds. The van der Waals surface area contributed by atoms with Gasteiger partial charge in [0.1, 0.15) is 6.54 Å². The fourth-order valence-corrected chi connectivity index (χ4v) is 3.47. The lowest BCUT2D eigenvalue weighted by molar-refractivity contribution is -0.921. The predicted molar refractivity (Wildman–Crippen MR) is 97.7 cm³/mol. The van der Waals surface area contributed by atoms with E-state index in [0.29, 0.717) is 6.04 Å². The van der Waals surface area contributed by atoms with Gasteiger partial charge in [-0.25, -0.2) is 0 Å². The third-order valence-electron chi connectivity index (χ3n) is 5.05. The molecule has 2 atom stereocenters. The molecule has 0 aliphatic carbocycles. The zero-order valence-electron chi connectivity index (χ0n) is 14.3. The van der Waals surface area contributed by atoms with Crippen molar-refractivity contribution in [3.05, 3.63) is 71.8 Å². The third-order valence-corrected chi connectivity index (χ3v) is 5.05. The minimum Gasteiger partial charge on any atom is -0.369 e. The van der Waals surface area contributed by atoms with Gasteiger partial charge in [0.05, 0.1) is 12.6 Å². The van der Waals surface area contributed by atoms with Crippen molar-refractivity contribution in [2.75, 3.05) is 13.1 Å². The van der Waals surface area contributed by atoms with Crippen molar-refractivity contribution in [2.24, 2.45) is 0 Å². The summed E-state index contributed by atoms with van der Waals surface area (Å²) < 4.78 is 0. The van der Waals surface area contributed by atoms with Gasteiger partial charge in [-0.05, 0) is 32.1 Å². The fraction of sp³-hybridized carbons (Fsp3) is 0.364. The second-order valence-electron chi connectivity index (χ2n) is 6.73. The highest BCUT2D eigenvalue weighted by Crippen LogP contribution is 2.28. The van der Waals surface area contributed by atoms with Crippen LogP contribution >= 0.6 is 0 Å². The van der Waals surface area contributed by atoms with E-state index < -0.39 is 5.60 Å². The summed E-state index contributed by atoms with van der Waals surface area (Å²) in [5, 5.41) is 11.4. The van der Waals surface area contributed by atoms with E-state index in [-0.39, 0.29) is 0 Å². The first-order chi connectivity index (χ1) is 11.7. The summed E-state index contributed by atoms with van der Waals surface area (Å²) in [6.45, 7) is 4.28. The van der Waals surface area contributed by atoms with Crippen LogP contribution in [0.3, 0.4) is 0 Å². The second kappa shape index (κ2) is 7.66. The van der Waals surface area contributed by atoms with Crippen LogP contribution in [0.1, 0.15) is 37.3 Å². The molecule has 2 N–H and O–H groups in total. The molecule has 24 heavy (non-hydrogen) atoms. The average Bonchev–Trinajstić information content (AvgIpc) is 2.64. The molecule has 2 aromatic rings. The Kier molecular flexibility index (Phi) is 5.35. The zero-order chi connectivity index (χ0) is 16.8. The SMILES string of the molecule is CC1CCCC[NH+]1CC#CC(O)(c1ccccc1)c1ccccc1. The fourth-order valence-electron chi connectivity index (χ4n) is 3.47. The van der Waals surface area contributed by atoms with Gasteiger partial charge in [-0.3, -0.25) is 0 Å². The molecule has 1 aliphatic heterocycles. The summed E-state index contributed by atoms with van der Waals surface area (Å²) in [4.78, 5) is 1.54. The van der Waals surface area contributed by atoms with E-state index >= 15 is 0 Å². The lowest BCUT2D eigenvalue weighted by Crippen LogP contribution is -3.16. The van der Waals surface area contributed by atoms with Crippen LogP contribution in [0, 0.1) is 11.8 Å². The number of hydrogen-bond acceptors (Lipinski definition) is 1. The molecule has 0 saturated carbocycles. The summed E-state index contributed by atoms with van der Waals surface area (Å²) in [6, 6.07) is 20.1. The van der Waals surface area contributed by atoms with Gasteiger partial charge in [0.2, 0.25) is 0 Å². The maximum absolute atomic E-state index is 11.4. The average molecular weight is 320 g/mol. The van der Waals surface area contributed by atoms with E-state index in [1.54, 1.807) is 0 Å². The number of likely N-dealkylation sites (tertiary alicyclic amines) is 1. The second-order valence-corrected chi connectivity index (χ2v) is 6.73. The summed E-state index contributed by atoms with van der Waals surface area (Å²) >= 11 is 0. The minimum absolute atomic E-state index is 0.662. The van der Waals surface area contributed by atoms with E-state index in [4.69, 9.17) is 0 Å². The largest absolute Gasteiger partial charge is 0.369 e. The normalized spacial score (nSPS) is 20.9. The Labute approximate surface area is 145 Å². The predicted octanol–water partition coefficient (Wildman–Crippen LogP) is 2.38. The molecular weight excluding hydrogens is 294 g/mol. The van der Waals surface area contributed by atoms with Crippen molar-refractivity contribution in [2.45, 2.75) is 37.8 Å². The van der Waals surface area contributed by atoms with Gasteiger partial charge in [-0.15, -0.1) is 0 Å². The molecule has 2 aromatic carbocycles. The van der Waals surface area contributed by atoms with Gasteiger partial charge in [0, 0.05) is 11.1 Å². The highest BCUT2D eigenvalue weighted by atomic mass is 16.3. The molecule has 1 fully saturated rings. The van der Waals surface area contributed by atoms with Gasteiger partial charge < -0.3 is 10.0 Å². The van der Waals surface area contributed by atoms with Crippen molar-refractivity contribution in [1.29, 1.82) is 0 Å². The number of quaternary nitrogens is 1. The molecule has 2 unspecified atom stereocenters. The summed E-state index contributed by atoms with van der Waals surface area (Å²) in [5.41, 5.74) is 0.400. The molecule has 2 nitrogen and oxygen atoms in total. The van der Waals surface area contributed by atoms with Crippen LogP contribution in [-0.4, -0.2) is 24.2 Å². The molecular formula is C22H26NO+. The van der Waals surface area contributed by atoms with Crippen molar-refractivity contribution >= 4 is 0 Å². The Morgan fingerprint density at radius 3 is 2.12 bits per heavy atom. The Balaban J connectivity index is 1.88. The Morgan fingerprint density at radius 1 is 1.00 bits per heavy atom. The monoisotopic (exact) mass is 320 g/mol. The molecule has 124 valence electrons. The number of piperidine rings is 1. The minimum atomic E-state index is -1.25. The highest BCUT2D eigenvalue weighted by molar-refractivity contribution is 5.44. The van der Waals surface area contributed by atoms with Crippen molar-refractivity contribution in [3.63, 3.8) is 0 Å². The molecule has 1 heterocycles. The van der Waals surface area contributed by atoms with Gasteiger partial charge in [-0.1, -0.05) is 66.6 Å². The van der Waals surface area contributed by atoms with Gasteiger partial charge in [0.15, 0.2) is 5.60 Å². The standard InChI is InChI=1S/C22H25NO/c1-19-11-8-9-17-23(19)18-10-16-22(24,20-12-4-2-5-13-20)21-14-6-3-7-15-21/h2-7,12-15,19,24H,8-9,11,17-18H2,1H3/p+1. The lowest BCUT2D eigenvalue weighted by atomic mass is 9.87. The van der Waals surface area contributed by atoms with Gasteiger partial charge in [-0.2, -0.15) is 0 Å². The smallest absolute Gasteiger partial charge is 0.177 e. The lowest BCUT2D eigenvalue weighted by Gasteiger charge is -2.28. The topological polar surface area (TPSA) is 24.7 Å². The maximum Gasteiger partial charge on any atom is 0.177 e. The Bertz CT molecular complexity index is 659. The number of benzene rings is 2. The number of aliphatic hydroxyl groups is 1. The van der Waals surface area contributed by atoms with E-state index in [9.17, 15) is 5.11 Å². The molecule has 1 saturated heterocycles. The van der Waals surface area contributed by atoms with Crippen LogP contribution in [0.15, 0.2) is 60.7 Å². The number of nitrogens with one attached hydrogen (secondary N) is 1. The highest BCUT2D eigenvalue weighted by Gasteiger charge is 2.29. The van der Waals surface area contributed by atoms with Crippen LogP contribution in [0.4, 0.5) is 0 Å². The Morgan fingerprint density at radius 2 is 1.58 bits per heavy atom. The number of hydrogen-bond donors (Lipinski definition) is 2. The van der Waals surface area contributed by atoms with Crippen LogP contribution in [0.5, 0.6) is 0 Å². The van der Waals surface area contributed by atoms with Gasteiger partial charge >= 0.3 is 0 Å². The molecule has 0 spiro atoms. The third kappa shape index (κ3) is 3.70. The Hall–Kier alpha value is -2.08. The van der Waals surface area contributed by atoms with Crippen molar-refractivity contribution < 1.29 is 10.0 Å². The molecule has 3 rings (SSSR count). The number of rotatable bonds is 3. The molecule has 0 bridgehead atoms. The van der Waals surface area contributed by atoms with E-state index in [2.05, 4.69) is 18.8 Å². The van der Waals surface area contributed by atoms with Crippen molar-refractivity contribution in [3.8, 4) is 11.8 Å². The maximum atomic E-state index is 11.4. The first kappa shape index (κ1) is 16.8. The van der Waals surface area contributed by atoms with Crippen LogP contribution in [0.25, 0.3) is 0 Å². The van der Waals surface area contributed by atoms with Crippen LogP contribution < -0.4 is 4.90 Å². The zero-order valence-corrected chi connectivity index (χ0v) is 14.3. The molecule has 2 heteroatoms. The van der Waals surface area contributed by atoms with E-state index in [0.717, 1.165) is 17.7 Å².